The monoisotopic (exact) mass is 332 g/mol. The molecule has 0 spiro atoms. The highest BCUT2D eigenvalue weighted by Gasteiger charge is 2.28. The van der Waals surface area contributed by atoms with Crippen LogP contribution in [0.25, 0.3) is 0 Å². The Balaban J connectivity index is 2.74. The van der Waals surface area contributed by atoms with Crippen LogP contribution in [-0.2, 0) is 24.9 Å². The molecule has 0 aliphatic rings. The lowest BCUT2D eigenvalue weighted by Gasteiger charge is -2.20. The van der Waals surface area contributed by atoms with Crippen LogP contribution in [0.1, 0.15) is 27.7 Å². The molecule has 0 saturated heterocycles. The van der Waals surface area contributed by atoms with E-state index in [2.05, 4.69) is 0 Å². The summed E-state index contributed by atoms with van der Waals surface area (Å²) in [6.07, 6.45) is 1.47. The highest BCUT2D eigenvalue weighted by Crippen LogP contribution is 2.50. The summed E-state index contributed by atoms with van der Waals surface area (Å²) in [6, 6.07) is 2.82. The molecule has 22 heavy (non-hydrogen) atoms. The number of pyridine rings is 1. The number of phosphoric acid groups is 1. The van der Waals surface area contributed by atoms with Gasteiger partial charge in [0.05, 0.1) is 13.2 Å². The van der Waals surface area contributed by atoms with Gasteiger partial charge in [0.15, 0.2) is 0 Å². The van der Waals surface area contributed by atoms with E-state index in [1.165, 1.54) is 16.8 Å². The fourth-order valence-corrected chi connectivity index (χ4v) is 2.81. The van der Waals surface area contributed by atoms with Gasteiger partial charge in [0, 0.05) is 18.0 Å². The van der Waals surface area contributed by atoms with Crippen LogP contribution in [0.3, 0.4) is 0 Å². The molecule has 2 N–H and O–H groups in total. The minimum atomic E-state index is -3.72. The van der Waals surface area contributed by atoms with E-state index in [1.807, 2.05) is 27.7 Å². The van der Waals surface area contributed by atoms with Crippen molar-refractivity contribution < 1.29 is 18.1 Å². The standard InChI is InChI=1S/C14H25N2O5P/c1-11(2)8-19-22(18,20-9-12(3)4)21-10-16-6-5-13(15)7-14(16)17/h5-7,11-12H,8-10,15H2,1-4H3. The molecule has 0 unspecified atom stereocenters. The first-order valence-electron chi connectivity index (χ1n) is 7.21. The SMILES string of the molecule is CC(C)COP(=O)(OCC(C)C)OCn1ccc(N)cc1=O. The van der Waals surface area contributed by atoms with E-state index in [-0.39, 0.29) is 37.3 Å². The number of nitrogens with zero attached hydrogens (tertiary/aromatic N) is 1. The van der Waals surface area contributed by atoms with Crippen molar-refractivity contribution in [2.75, 3.05) is 18.9 Å². The fraction of sp³-hybridized carbons (Fsp3) is 0.643. The van der Waals surface area contributed by atoms with Crippen molar-refractivity contribution in [2.24, 2.45) is 11.8 Å². The van der Waals surface area contributed by atoms with E-state index in [1.54, 1.807) is 6.07 Å². The van der Waals surface area contributed by atoms with E-state index in [0.717, 1.165) is 0 Å². The lowest BCUT2D eigenvalue weighted by molar-refractivity contribution is 0.0748. The second-order valence-electron chi connectivity index (χ2n) is 5.85. The first-order chi connectivity index (χ1) is 10.2. The van der Waals surface area contributed by atoms with Gasteiger partial charge in [-0.3, -0.25) is 22.9 Å². The van der Waals surface area contributed by atoms with Crippen molar-refractivity contribution in [1.82, 2.24) is 4.57 Å². The average molecular weight is 332 g/mol. The van der Waals surface area contributed by atoms with Crippen molar-refractivity contribution in [3.63, 3.8) is 0 Å². The second-order valence-corrected chi connectivity index (χ2v) is 7.52. The van der Waals surface area contributed by atoms with Crippen LogP contribution >= 0.6 is 7.82 Å². The van der Waals surface area contributed by atoms with Crippen LogP contribution in [0, 0.1) is 11.8 Å². The lowest BCUT2D eigenvalue weighted by Crippen LogP contribution is -2.20. The third kappa shape index (κ3) is 6.75. The molecule has 0 fully saturated rings. The number of phosphoric ester groups is 1. The summed E-state index contributed by atoms with van der Waals surface area (Å²) in [5, 5.41) is 0. The van der Waals surface area contributed by atoms with Crippen molar-refractivity contribution >= 4 is 13.5 Å². The molecule has 7 nitrogen and oxygen atoms in total. The number of rotatable bonds is 9. The van der Waals surface area contributed by atoms with Crippen LogP contribution in [0.5, 0.6) is 0 Å². The van der Waals surface area contributed by atoms with Gasteiger partial charge in [0.1, 0.15) is 6.73 Å². The molecule has 1 heterocycles. The van der Waals surface area contributed by atoms with E-state index < -0.39 is 7.82 Å². The third-order valence-corrected chi connectivity index (χ3v) is 3.87. The summed E-state index contributed by atoms with van der Waals surface area (Å²) in [6.45, 7) is 7.97. The summed E-state index contributed by atoms with van der Waals surface area (Å²) >= 11 is 0. The second kappa shape index (κ2) is 8.48. The van der Waals surface area contributed by atoms with E-state index >= 15 is 0 Å². The van der Waals surface area contributed by atoms with Crippen LogP contribution in [0.4, 0.5) is 5.69 Å². The summed E-state index contributed by atoms with van der Waals surface area (Å²) in [5.41, 5.74) is 5.52. The quantitative estimate of drug-likeness (QED) is 0.699. The van der Waals surface area contributed by atoms with E-state index in [9.17, 15) is 9.36 Å². The molecule has 0 saturated carbocycles. The normalized spacial score (nSPS) is 12.3. The van der Waals surface area contributed by atoms with Gasteiger partial charge in [0.25, 0.3) is 5.56 Å². The Hall–Kier alpha value is -1.14. The Morgan fingerprint density at radius 3 is 2.14 bits per heavy atom. The topological polar surface area (TPSA) is 92.8 Å². The van der Waals surface area contributed by atoms with Gasteiger partial charge >= 0.3 is 7.82 Å². The van der Waals surface area contributed by atoms with Crippen LogP contribution in [0.2, 0.25) is 0 Å². The first kappa shape index (κ1) is 18.9. The van der Waals surface area contributed by atoms with E-state index in [0.29, 0.717) is 5.69 Å². The van der Waals surface area contributed by atoms with Crippen molar-refractivity contribution in [2.45, 2.75) is 34.4 Å². The minimum Gasteiger partial charge on any atom is -0.399 e. The van der Waals surface area contributed by atoms with Crippen LogP contribution < -0.4 is 11.3 Å². The zero-order valence-corrected chi connectivity index (χ0v) is 14.4. The molecular formula is C14H25N2O5P. The molecule has 0 aromatic carbocycles. The molecule has 0 amide bonds. The lowest BCUT2D eigenvalue weighted by atomic mass is 10.2. The molecule has 1 rings (SSSR count). The molecular weight excluding hydrogens is 307 g/mol. The zero-order chi connectivity index (χ0) is 16.8. The summed E-state index contributed by atoms with van der Waals surface area (Å²) in [4.78, 5) is 11.7. The Labute approximate surface area is 131 Å². The maximum Gasteiger partial charge on any atom is 0.476 e. The molecule has 1 aromatic heterocycles. The van der Waals surface area contributed by atoms with Crippen molar-refractivity contribution in [3.8, 4) is 0 Å². The Morgan fingerprint density at radius 2 is 1.68 bits per heavy atom. The number of aromatic nitrogens is 1. The van der Waals surface area contributed by atoms with Gasteiger partial charge < -0.3 is 5.73 Å². The molecule has 8 heteroatoms. The van der Waals surface area contributed by atoms with Gasteiger partial charge in [-0.2, -0.15) is 0 Å². The first-order valence-corrected chi connectivity index (χ1v) is 8.67. The molecule has 0 aliphatic carbocycles. The van der Waals surface area contributed by atoms with Gasteiger partial charge in [-0.15, -0.1) is 0 Å². The van der Waals surface area contributed by atoms with Crippen molar-refractivity contribution in [3.05, 3.63) is 28.7 Å². The number of nitrogens with two attached hydrogens (primary N) is 1. The molecule has 1 aromatic rings. The Kier molecular flexibility index (Phi) is 7.29. The summed E-state index contributed by atoms with van der Waals surface area (Å²) in [5.74, 6) is 0.359. The highest BCUT2D eigenvalue weighted by atomic mass is 31.2. The van der Waals surface area contributed by atoms with Gasteiger partial charge in [-0.05, 0) is 17.9 Å². The largest absolute Gasteiger partial charge is 0.476 e. The predicted octanol–water partition coefficient (Wildman–Crippen LogP) is 2.86. The number of anilines is 1. The highest BCUT2D eigenvalue weighted by molar-refractivity contribution is 7.48. The molecule has 0 aliphatic heterocycles. The number of hydrogen-bond donors (Lipinski definition) is 1. The zero-order valence-electron chi connectivity index (χ0n) is 13.5. The van der Waals surface area contributed by atoms with Gasteiger partial charge in [-0.25, -0.2) is 4.57 Å². The summed E-state index contributed by atoms with van der Waals surface area (Å²) < 4.78 is 29.7. The third-order valence-electron chi connectivity index (χ3n) is 2.51. The molecule has 0 radical (unpaired) electrons. The molecule has 0 atom stereocenters. The van der Waals surface area contributed by atoms with E-state index in [4.69, 9.17) is 19.3 Å². The summed E-state index contributed by atoms with van der Waals surface area (Å²) in [7, 11) is -3.72. The van der Waals surface area contributed by atoms with Crippen molar-refractivity contribution in [1.29, 1.82) is 0 Å². The fourth-order valence-electron chi connectivity index (χ4n) is 1.36. The maximum absolute atomic E-state index is 12.6. The Morgan fingerprint density at radius 1 is 1.14 bits per heavy atom. The molecule has 126 valence electrons. The average Bonchev–Trinajstić information content (AvgIpc) is 2.42. The van der Waals surface area contributed by atoms with Gasteiger partial charge in [0.2, 0.25) is 0 Å². The molecule has 0 bridgehead atoms. The van der Waals surface area contributed by atoms with Crippen LogP contribution in [-0.4, -0.2) is 17.8 Å². The minimum absolute atomic E-state index is 0.179. The smallest absolute Gasteiger partial charge is 0.399 e. The van der Waals surface area contributed by atoms with Gasteiger partial charge in [-0.1, -0.05) is 27.7 Å². The number of nitrogen functional groups attached to an aromatic ring is 1. The Bertz CT molecular complexity index is 555. The predicted molar refractivity (Wildman–Crippen MR) is 85.4 cm³/mol. The van der Waals surface area contributed by atoms with Crippen LogP contribution in [0.15, 0.2) is 23.1 Å². The maximum atomic E-state index is 12.6. The number of hydrogen-bond acceptors (Lipinski definition) is 6.